The van der Waals surface area contributed by atoms with Crippen LogP contribution in [0.2, 0.25) is 0 Å². The van der Waals surface area contributed by atoms with Crippen LogP contribution in [-0.4, -0.2) is 42.7 Å². The summed E-state index contributed by atoms with van der Waals surface area (Å²) in [6, 6.07) is 0.324. The van der Waals surface area contributed by atoms with Crippen LogP contribution in [0.4, 0.5) is 0 Å². The molecular weight excluding hydrogens is 200 g/mol. The van der Waals surface area contributed by atoms with E-state index in [1.807, 2.05) is 7.05 Å². The molecule has 0 bridgehead atoms. The zero-order chi connectivity index (χ0) is 10.6. The number of thioether (sulfide) groups is 1. The molecule has 0 spiro atoms. The third-order valence-electron chi connectivity index (χ3n) is 2.21. The number of epoxide rings is 1. The largest absolute Gasteiger partial charge is 0.352 e. The molecule has 1 rings (SSSR count). The van der Waals surface area contributed by atoms with Crippen LogP contribution in [-0.2, 0) is 9.53 Å². The molecule has 0 aromatic carbocycles. The molecule has 1 fully saturated rings. The van der Waals surface area contributed by atoms with E-state index in [4.69, 9.17) is 10.5 Å². The number of hydrogen-bond acceptors (Lipinski definition) is 5. The fraction of sp³-hybridized carbons (Fsp3) is 0.889. The molecule has 14 heavy (non-hydrogen) atoms. The van der Waals surface area contributed by atoms with E-state index >= 15 is 0 Å². The zero-order valence-electron chi connectivity index (χ0n) is 8.66. The van der Waals surface area contributed by atoms with Crippen LogP contribution in [0.15, 0.2) is 0 Å². The lowest BCUT2D eigenvalue weighted by atomic mass is 10.1. The second-order valence-corrected chi connectivity index (χ2v) is 4.61. The number of likely N-dealkylation sites (N-methyl/N-ethyl adjacent to an activating group) is 1. The van der Waals surface area contributed by atoms with Gasteiger partial charge in [0.2, 0.25) is 0 Å². The normalized spacial score (nSPS) is 27.4. The highest BCUT2D eigenvalue weighted by Crippen LogP contribution is 2.23. The number of carbonyl (C=O) groups is 1. The molecule has 1 aliphatic rings. The van der Waals surface area contributed by atoms with Crippen molar-refractivity contribution in [2.75, 3.05) is 18.6 Å². The summed E-state index contributed by atoms with van der Waals surface area (Å²) in [4.78, 5) is 10.7. The molecule has 4 nitrogen and oxygen atoms in total. The van der Waals surface area contributed by atoms with Gasteiger partial charge < -0.3 is 15.8 Å². The highest BCUT2D eigenvalue weighted by molar-refractivity contribution is 7.99. The van der Waals surface area contributed by atoms with E-state index in [0.29, 0.717) is 11.8 Å². The maximum Gasteiger partial charge on any atom is 0.139 e. The Morgan fingerprint density at radius 1 is 1.71 bits per heavy atom. The fourth-order valence-electron chi connectivity index (χ4n) is 1.36. The van der Waals surface area contributed by atoms with Crippen LogP contribution in [0.25, 0.3) is 0 Å². The first-order valence-electron chi connectivity index (χ1n) is 4.80. The summed E-state index contributed by atoms with van der Waals surface area (Å²) >= 11 is 1.67. The summed E-state index contributed by atoms with van der Waals surface area (Å²) in [5.74, 6) is 1.81. The van der Waals surface area contributed by atoms with Gasteiger partial charge in [0.1, 0.15) is 18.1 Å². The van der Waals surface area contributed by atoms with Crippen molar-refractivity contribution in [2.24, 2.45) is 5.73 Å². The minimum absolute atomic E-state index is 0.0924. The number of ether oxygens (including phenoxy) is 1. The number of rotatable bonds is 7. The highest BCUT2D eigenvalue weighted by atomic mass is 32.2. The molecule has 5 heteroatoms. The lowest BCUT2D eigenvalue weighted by Crippen LogP contribution is -2.34. The van der Waals surface area contributed by atoms with E-state index in [-0.39, 0.29) is 18.1 Å². The third kappa shape index (κ3) is 3.96. The maximum absolute atomic E-state index is 10.7. The van der Waals surface area contributed by atoms with Crippen molar-refractivity contribution < 1.29 is 9.53 Å². The number of hydrogen-bond donors (Lipinski definition) is 2. The third-order valence-corrected chi connectivity index (χ3v) is 3.34. The molecule has 0 radical (unpaired) electrons. The first-order valence-corrected chi connectivity index (χ1v) is 5.96. The van der Waals surface area contributed by atoms with E-state index in [1.54, 1.807) is 18.7 Å². The van der Waals surface area contributed by atoms with Crippen LogP contribution < -0.4 is 11.1 Å². The second-order valence-electron chi connectivity index (χ2n) is 3.50. The lowest BCUT2D eigenvalue weighted by Gasteiger charge is -2.12. The van der Waals surface area contributed by atoms with E-state index < -0.39 is 0 Å². The van der Waals surface area contributed by atoms with Gasteiger partial charge in [-0.05, 0) is 26.1 Å². The standard InChI is InChI=1S/C9H18N2O2S/c1-6(12)5-14-4-3-7(11-2)8-9(10)13-8/h7-9,11H,3-5,10H2,1-2H3. The van der Waals surface area contributed by atoms with Crippen LogP contribution in [0.5, 0.6) is 0 Å². The maximum atomic E-state index is 10.7. The summed E-state index contributed by atoms with van der Waals surface area (Å²) in [6.07, 6.45) is 1.07. The minimum Gasteiger partial charge on any atom is -0.352 e. The van der Waals surface area contributed by atoms with Gasteiger partial charge in [-0.3, -0.25) is 4.79 Å². The fourth-order valence-corrected chi connectivity index (χ4v) is 2.21. The molecule has 0 aromatic heterocycles. The Hall–Kier alpha value is -0.100. The van der Waals surface area contributed by atoms with Crippen molar-refractivity contribution >= 4 is 17.5 Å². The summed E-state index contributed by atoms with van der Waals surface area (Å²) < 4.78 is 5.19. The van der Waals surface area contributed by atoms with Gasteiger partial charge in [-0.15, -0.1) is 0 Å². The SMILES string of the molecule is CNC(CCSCC(C)=O)C1OC1N. The van der Waals surface area contributed by atoms with Crippen LogP contribution in [0.3, 0.4) is 0 Å². The second kappa shape index (κ2) is 5.70. The van der Waals surface area contributed by atoms with Crippen LogP contribution in [0, 0.1) is 0 Å². The average molecular weight is 218 g/mol. The smallest absolute Gasteiger partial charge is 0.139 e. The molecule has 0 amide bonds. The van der Waals surface area contributed by atoms with Gasteiger partial charge >= 0.3 is 0 Å². The summed E-state index contributed by atoms with van der Waals surface area (Å²) in [6.45, 7) is 1.61. The minimum atomic E-state index is -0.0924. The Balaban J connectivity index is 2.06. The Labute approximate surface area is 88.9 Å². The van der Waals surface area contributed by atoms with E-state index in [0.717, 1.165) is 12.2 Å². The Morgan fingerprint density at radius 3 is 2.79 bits per heavy atom. The van der Waals surface area contributed by atoms with Crippen molar-refractivity contribution in [3.63, 3.8) is 0 Å². The van der Waals surface area contributed by atoms with Gasteiger partial charge in [0.05, 0.1) is 5.75 Å². The first-order chi connectivity index (χ1) is 6.65. The predicted molar refractivity (Wildman–Crippen MR) is 58.3 cm³/mol. The van der Waals surface area contributed by atoms with Gasteiger partial charge in [-0.25, -0.2) is 0 Å². The molecule has 3 unspecified atom stereocenters. The molecule has 3 N–H and O–H groups in total. The Bertz CT molecular complexity index is 201. The highest BCUT2D eigenvalue weighted by Gasteiger charge is 2.41. The molecule has 1 aliphatic heterocycles. The van der Waals surface area contributed by atoms with Gasteiger partial charge in [0.15, 0.2) is 0 Å². The van der Waals surface area contributed by atoms with Crippen LogP contribution >= 0.6 is 11.8 Å². The molecule has 0 saturated carbocycles. The molecule has 1 heterocycles. The monoisotopic (exact) mass is 218 g/mol. The lowest BCUT2D eigenvalue weighted by molar-refractivity contribution is -0.114. The number of Topliss-reactive ketones (excluding diaryl/α,β-unsaturated/α-hetero) is 1. The van der Waals surface area contributed by atoms with Crippen molar-refractivity contribution in [1.29, 1.82) is 0 Å². The van der Waals surface area contributed by atoms with Crippen molar-refractivity contribution in [2.45, 2.75) is 31.7 Å². The number of ketones is 1. The summed E-state index contributed by atoms with van der Waals surface area (Å²) in [7, 11) is 1.91. The summed E-state index contributed by atoms with van der Waals surface area (Å²) in [5.41, 5.74) is 5.57. The summed E-state index contributed by atoms with van der Waals surface area (Å²) in [5, 5.41) is 3.18. The average Bonchev–Trinajstić information content (AvgIpc) is 2.82. The molecule has 0 aromatic rings. The van der Waals surface area contributed by atoms with Crippen molar-refractivity contribution in [3.8, 4) is 0 Å². The number of nitrogens with one attached hydrogen (secondary N) is 1. The van der Waals surface area contributed by atoms with E-state index in [2.05, 4.69) is 5.32 Å². The number of carbonyl (C=O) groups excluding carboxylic acids is 1. The zero-order valence-corrected chi connectivity index (χ0v) is 9.47. The Kier molecular flexibility index (Phi) is 4.88. The van der Waals surface area contributed by atoms with E-state index in [9.17, 15) is 4.79 Å². The van der Waals surface area contributed by atoms with Gasteiger partial charge in [0.25, 0.3) is 0 Å². The predicted octanol–water partition coefficient (Wildman–Crippen LogP) is -0.0297. The van der Waals surface area contributed by atoms with Crippen molar-refractivity contribution in [3.05, 3.63) is 0 Å². The van der Waals surface area contributed by atoms with Gasteiger partial charge in [-0.2, -0.15) is 11.8 Å². The topological polar surface area (TPSA) is 67.7 Å². The van der Waals surface area contributed by atoms with E-state index in [1.165, 1.54) is 0 Å². The molecule has 82 valence electrons. The number of nitrogens with two attached hydrogens (primary N) is 1. The molecule has 3 atom stereocenters. The van der Waals surface area contributed by atoms with Crippen LogP contribution in [0.1, 0.15) is 13.3 Å². The molecular formula is C9H18N2O2S. The van der Waals surface area contributed by atoms with Gasteiger partial charge in [0, 0.05) is 6.04 Å². The van der Waals surface area contributed by atoms with Crippen molar-refractivity contribution in [1.82, 2.24) is 5.32 Å². The van der Waals surface area contributed by atoms with Gasteiger partial charge in [-0.1, -0.05) is 0 Å². The first kappa shape index (κ1) is 12.0. The quantitative estimate of drug-likeness (QED) is 0.464. The molecule has 1 saturated heterocycles. The Morgan fingerprint density at radius 2 is 2.36 bits per heavy atom. The molecule has 0 aliphatic carbocycles.